The van der Waals surface area contributed by atoms with Crippen LogP contribution >= 0.6 is 0 Å². The third-order valence-electron chi connectivity index (χ3n) is 2.79. The van der Waals surface area contributed by atoms with E-state index >= 15 is 0 Å². The fourth-order valence-corrected chi connectivity index (χ4v) is 1.90. The van der Waals surface area contributed by atoms with Gasteiger partial charge in [-0.3, -0.25) is 15.0 Å². The molecule has 0 unspecified atom stereocenters. The number of carbonyl (C=O) groups excluding carboxylic acids is 2. The first kappa shape index (κ1) is 14.6. The van der Waals surface area contributed by atoms with E-state index in [2.05, 4.69) is 5.32 Å². The Labute approximate surface area is 120 Å². The number of nitrogens with zero attached hydrogens (tertiary/aromatic N) is 1. The van der Waals surface area contributed by atoms with Gasteiger partial charge in [0.1, 0.15) is 5.75 Å². The van der Waals surface area contributed by atoms with Crippen molar-refractivity contribution in [1.82, 2.24) is 5.32 Å². The number of nitrogens with one attached hydrogen (secondary N) is 1. The summed E-state index contributed by atoms with van der Waals surface area (Å²) in [5.41, 5.74) is 0.572. The van der Waals surface area contributed by atoms with Crippen LogP contribution in [0, 0.1) is 0 Å². The van der Waals surface area contributed by atoms with Crippen molar-refractivity contribution in [3.63, 3.8) is 0 Å². The SMILES string of the molecule is O=C(O)/C=C/C(=O)NC(=O)N1CCCOc2ccccc21. The van der Waals surface area contributed by atoms with Gasteiger partial charge in [-0.15, -0.1) is 0 Å². The van der Waals surface area contributed by atoms with Gasteiger partial charge in [0.15, 0.2) is 0 Å². The summed E-state index contributed by atoms with van der Waals surface area (Å²) >= 11 is 0. The number of aliphatic carboxylic acids is 1. The number of carboxylic acids is 1. The molecule has 0 radical (unpaired) electrons. The maximum Gasteiger partial charge on any atom is 0.328 e. The average Bonchev–Trinajstić information content (AvgIpc) is 2.67. The number of para-hydroxylation sites is 2. The zero-order valence-corrected chi connectivity index (χ0v) is 11.1. The normalized spacial score (nSPS) is 14.0. The number of anilines is 1. The van der Waals surface area contributed by atoms with Crippen molar-refractivity contribution < 1.29 is 24.2 Å². The van der Waals surface area contributed by atoms with Gasteiger partial charge in [0.2, 0.25) is 0 Å². The molecular formula is C14H14N2O5. The highest BCUT2D eigenvalue weighted by Gasteiger charge is 2.22. The summed E-state index contributed by atoms with van der Waals surface area (Å²) in [7, 11) is 0. The van der Waals surface area contributed by atoms with Crippen molar-refractivity contribution in [2.24, 2.45) is 0 Å². The van der Waals surface area contributed by atoms with Crippen molar-refractivity contribution >= 4 is 23.6 Å². The largest absolute Gasteiger partial charge is 0.491 e. The van der Waals surface area contributed by atoms with Crippen LogP contribution in [0.15, 0.2) is 36.4 Å². The molecule has 21 heavy (non-hydrogen) atoms. The van der Waals surface area contributed by atoms with E-state index < -0.39 is 17.9 Å². The predicted molar refractivity (Wildman–Crippen MR) is 74.2 cm³/mol. The van der Waals surface area contributed by atoms with Crippen molar-refractivity contribution in [2.75, 3.05) is 18.1 Å². The van der Waals surface area contributed by atoms with Crippen LogP contribution in [0.2, 0.25) is 0 Å². The van der Waals surface area contributed by atoms with Crippen LogP contribution in [0.3, 0.4) is 0 Å². The zero-order chi connectivity index (χ0) is 15.2. The van der Waals surface area contributed by atoms with Gasteiger partial charge in [0.05, 0.1) is 12.3 Å². The second-order valence-electron chi connectivity index (χ2n) is 4.29. The minimum Gasteiger partial charge on any atom is -0.491 e. The lowest BCUT2D eigenvalue weighted by Crippen LogP contribution is -2.42. The Morgan fingerprint density at radius 3 is 2.76 bits per heavy atom. The molecule has 2 rings (SSSR count). The summed E-state index contributed by atoms with van der Waals surface area (Å²) < 4.78 is 5.51. The van der Waals surface area contributed by atoms with Gasteiger partial charge in [-0.25, -0.2) is 9.59 Å². The molecule has 0 saturated carbocycles. The molecule has 0 aromatic heterocycles. The number of hydrogen-bond donors (Lipinski definition) is 2. The molecule has 7 heteroatoms. The molecule has 1 aliphatic heterocycles. The summed E-state index contributed by atoms with van der Waals surface area (Å²) in [6.45, 7) is 0.881. The third kappa shape index (κ3) is 3.82. The van der Waals surface area contributed by atoms with Crippen LogP contribution in [0.25, 0.3) is 0 Å². The standard InChI is InChI=1S/C14H14N2O5/c17-12(6-7-13(18)19)15-14(20)16-8-3-9-21-11-5-2-1-4-10(11)16/h1-2,4-7H,3,8-9H2,(H,18,19)(H,15,17,20)/b7-6+. The molecule has 0 atom stereocenters. The molecule has 0 spiro atoms. The second kappa shape index (κ2) is 6.56. The Morgan fingerprint density at radius 2 is 2.00 bits per heavy atom. The number of hydrogen-bond acceptors (Lipinski definition) is 4. The summed E-state index contributed by atoms with van der Waals surface area (Å²) in [6, 6.07) is 6.40. The Kier molecular flexibility index (Phi) is 4.55. The van der Waals surface area contributed by atoms with Crippen molar-refractivity contribution in [2.45, 2.75) is 6.42 Å². The average molecular weight is 290 g/mol. The molecular weight excluding hydrogens is 276 g/mol. The molecule has 110 valence electrons. The Balaban J connectivity index is 2.12. The van der Waals surface area contributed by atoms with Gasteiger partial charge in [-0.1, -0.05) is 12.1 Å². The number of amides is 3. The molecule has 0 saturated heterocycles. The van der Waals surface area contributed by atoms with Crippen LogP contribution in [0.4, 0.5) is 10.5 Å². The molecule has 0 aliphatic carbocycles. The number of carboxylic acid groups (broad SMARTS) is 1. The maximum atomic E-state index is 12.1. The van der Waals surface area contributed by atoms with Crippen LogP contribution in [0.1, 0.15) is 6.42 Å². The number of benzene rings is 1. The first-order valence-corrected chi connectivity index (χ1v) is 6.33. The molecule has 1 aromatic carbocycles. The molecule has 3 amide bonds. The van der Waals surface area contributed by atoms with Crippen molar-refractivity contribution in [1.29, 1.82) is 0 Å². The topological polar surface area (TPSA) is 95.9 Å². The van der Waals surface area contributed by atoms with E-state index in [1.54, 1.807) is 24.3 Å². The highest BCUT2D eigenvalue weighted by Crippen LogP contribution is 2.30. The molecule has 1 heterocycles. The minimum atomic E-state index is -1.26. The predicted octanol–water partition coefficient (Wildman–Crippen LogP) is 1.15. The van der Waals surface area contributed by atoms with Gasteiger partial charge in [0.25, 0.3) is 5.91 Å². The Bertz CT molecular complexity index is 597. The zero-order valence-electron chi connectivity index (χ0n) is 11.1. The second-order valence-corrected chi connectivity index (χ2v) is 4.29. The van der Waals surface area contributed by atoms with E-state index in [1.165, 1.54) is 4.90 Å². The summed E-state index contributed by atoms with van der Waals surface area (Å²) in [6.07, 6.45) is 2.09. The quantitative estimate of drug-likeness (QED) is 0.797. The first-order valence-electron chi connectivity index (χ1n) is 6.33. The van der Waals surface area contributed by atoms with E-state index in [1.807, 2.05) is 0 Å². The number of imide groups is 1. The lowest BCUT2D eigenvalue weighted by Gasteiger charge is -2.21. The van der Waals surface area contributed by atoms with Gasteiger partial charge < -0.3 is 9.84 Å². The van der Waals surface area contributed by atoms with Gasteiger partial charge in [-0.05, 0) is 18.6 Å². The van der Waals surface area contributed by atoms with E-state index in [4.69, 9.17) is 9.84 Å². The lowest BCUT2D eigenvalue weighted by atomic mass is 10.2. The van der Waals surface area contributed by atoms with E-state index in [9.17, 15) is 14.4 Å². The van der Waals surface area contributed by atoms with Crippen LogP contribution in [-0.4, -0.2) is 36.2 Å². The minimum absolute atomic E-state index is 0.402. The Hall–Kier alpha value is -2.83. The van der Waals surface area contributed by atoms with E-state index in [0.29, 0.717) is 37.1 Å². The van der Waals surface area contributed by atoms with Crippen LogP contribution < -0.4 is 15.0 Å². The molecule has 0 bridgehead atoms. The lowest BCUT2D eigenvalue weighted by molar-refractivity contribution is -0.131. The van der Waals surface area contributed by atoms with Crippen molar-refractivity contribution in [3.05, 3.63) is 36.4 Å². The van der Waals surface area contributed by atoms with Gasteiger partial charge >= 0.3 is 12.0 Å². The molecule has 0 fully saturated rings. The molecule has 2 N–H and O–H groups in total. The highest BCUT2D eigenvalue weighted by molar-refractivity contribution is 6.07. The molecule has 7 nitrogen and oxygen atoms in total. The summed E-state index contributed by atoms with van der Waals surface area (Å²) in [5.74, 6) is -1.48. The first-order chi connectivity index (χ1) is 10.1. The number of ether oxygens (including phenoxy) is 1. The van der Waals surface area contributed by atoms with Crippen molar-refractivity contribution in [3.8, 4) is 5.75 Å². The Morgan fingerprint density at radius 1 is 1.24 bits per heavy atom. The van der Waals surface area contributed by atoms with Crippen LogP contribution in [-0.2, 0) is 9.59 Å². The number of urea groups is 1. The van der Waals surface area contributed by atoms with E-state index in [-0.39, 0.29) is 0 Å². The number of fused-ring (bicyclic) bond motifs is 1. The maximum absolute atomic E-state index is 12.1. The fraction of sp³-hybridized carbons (Fsp3) is 0.214. The highest BCUT2D eigenvalue weighted by atomic mass is 16.5. The monoisotopic (exact) mass is 290 g/mol. The van der Waals surface area contributed by atoms with Gasteiger partial charge in [-0.2, -0.15) is 0 Å². The third-order valence-corrected chi connectivity index (χ3v) is 2.79. The smallest absolute Gasteiger partial charge is 0.328 e. The number of rotatable bonds is 2. The molecule has 1 aromatic rings. The summed E-state index contributed by atoms with van der Waals surface area (Å²) in [4.78, 5) is 35.3. The van der Waals surface area contributed by atoms with Crippen LogP contribution in [0.5, 0.6) is 5.75 Å². The fourth-order valence-electron chi connectivity index (χ4n) is 1.90. The van der Waals surface area contributed by atoms with Gasteiger partial charge in [0, 0.05) is 18.7 Å². The number of carbonyl (C=O) groups is 3. The summed E-state index contributed by atoms with van der Waals surface area (Å²) in [5, 5.41) is 10.5. The molecule has 1 aliphatic rings. The van der Waals surface area contributed by atoms with E-state index in [0.717, 1.165) is 6.08 Å².